The molecule has 0 fully saturated rings. The number of hydrogen-bond donors (Lipinski definition) is 4. The number of aryl methyl sites for hydroxylation is 2. The zero-order chi connectivity index (χ0) is 19.2. The molecule has 0 saturated carbocycles. The van der Waals surface area contributed by atoms with Crippen LogP contribution in [-0.2, 0) is 35.7 Å². The van der Waals surface area contributed by atoms with E-state index < -0.39 is 32.2 Å². The van der Waals surface area contributed by atoms with E-state index in [1.807, 2.05) is 9.71 Å². The fourth-order valence-corrected chi connectivity index (χ4v) is 4.79. The molecule has 1 aromatic heterocycles. The predicted octanol–water partition coefficient (Wildman–Crippen LogP) is 0.551. The highest BCUT2D eigenvalue weighted by Crippen LogP contribution is 2.38. The summed E-state index contributed by atoms with van der Waals surface area (Å²) in [6.45, 7) is 0. The van der Waals surface area contributed by atoms with Gasteiger partial charge in [-0.25, -0.2) is 22.7 Å². The molecule has 0 aliphatic heterocycles. The van der Waals surface area contributed by atoms with Crippen molar-refractivity contribution in [1.29, 1.82) is 0 Å². The highest BCUT2D eigenvalue weighted by atomic mass is 32.2. The molecule has 1 aromatic carbocycles. The van der Waals surface area contributed by atoms with E-state index >= 15 is 0 Å². The van der Waals surface area contributed by atoms with E-state index in [2.05, 4.69) is 16.4 Å². The van der Waals surface area contributed by atoms with Gasteiger partial charge in [-0.05, 0) is 60.8 Å². The van der Waals surface area contributed by atoms with E-state index in [0.29, 0.717) is 5.69 Å². The Bertz CT molecular complexity index is 1130. The number of anilines is 1. The number of aromatic nitrogens is 2. The summed E-state index contributed by atoms with van der Waals surface area (Å²) in [5.74, 6) is 0. The minimum absolute atomic E-state index is 0.695. The lowest BCUT2D eigenvalue weighted by atomic mass is 9.99. The third-order valence-electron chi connectivity index (χ3n) is 5.01. The molecule has 10 heteroatoms. The number of sulfonamides is 1. The van der Waals surface area contributed by atoms with E-state index in [9.17, 15) is 22.8 Å². The highest BCUT2D eigenvalue weighted by Gasteiger charge is 2.27. The zero-order valence-electron chi connectivity index (χ0n) is 14.3. The number of urea groups is 1. The van der Waals surface area contributed by atoms with Crippen molar-refractivity contribution in [1.82, 2.24) is 14.7 Å². The van der Waals surface area contributed by atoms with Gasteiger partial charge in [-0.2, -0.15) is 0 Å². The van der Waals surface area contributed by atoms with Gasteiger partial charge in [0.15, 0.2) is 4.90 Å². The van der Waals surface area contributed by atoms with Gasteiger partial charge in [0, 0.05) is 11.9 Å². The van der Waals surface area contributed by atoms with Gasteiger partial charge in [-0.3, -0.25) is 9.78 Å². The summed E-state index contributed by atoms with van der Waals surface area (Å²) in [5, 5.41) is 2.69. The van der Waals surface area contributed by atoms with E-state index in [4.69, 9.17) is 0 Å². The Hall–Kier alpha value is -2.88. The van der Waals surface area contributed by atoms with Crippen LogP contribution in [0.15, 0.2) is 26.7 Å². The van der Waals surface area contributed by atoms with E-state index in [1.54, 1.807) is 0 Å². The van der Waals surface area contributed by atoms with Crippen molar-refractivity contribution in [3.8, 4) is 0 Å². The van der Waals surface area contributed by atoms with Crippen molar-refractivity contribution >= 4 is 21.7 Å². The topological polar surface area (TPSA) is 141 Å². The first kappa shape index (κ1) is 17.5. The molecule has 4 rings (SSSR count). The van der Waals surface area contributed by atoms with Crippen molar-refractivity contribution in [3.63, 3.8) is 0 Å². The molecule has 1 heterocycles. The Kier molecular flexibility index (Phi) is 4.14. The molecular formula is C17H18N4O5S. The van der Waals surface area contributed by atoms with Gasteiger partial charge < -0.3 is 10.3 Å². The maximum atomic E-state index is 12.4. The number of carbonyl (C=O) groups excluding carboxylic acids is 1. The molecule has 0 radical (unpaired) electrons. The number of carbonyl (C=O) groups is 1. The molecule has 2 aliphatic rings. The number of H-pyrrole nitrogens is 2. The fraction of sp³-hybridized carbons (Fsp3) is 0.353. The molecule has 0 atom stereocenters. The number of hydrogen-bond acceptors (Lipinski definition) is 5. The predicted molar refractivity (Wildman–Crippen MR) is 97.5 cm³/mol. The number of rotatable bonds is 3. The third kappa shape index (κ3) is 3.16. The minimum Gasteiger partial charge on any atom is -0.313 e. The molecule has 0 spiro atoms. The molecule has 27 heavy (non-hydrogen) atoms. The molecular weight excluding hydrogens is 372 g/mol. The first-order chi connectivity index (χ1) is 12.8. The fourth-order valence-electron chi connectivity index (χ4n) is 3.88. The number of nitrogens with one attached hydrogen (secondary N) is 4. The second kappa shape index (κ2) is 6.38. The molecule has 0 bridgehead atoms. The maximum Gasteiger partial charge on any atom is 0.333 e. The van der Waals surface area contributed by atoms with Crippen LogP contribution in [0, 0.1) is 0 Å². The Morgan fingerprint density at radius 1 is 1.00 bits per heavy atom. The standard InChI is InChI=1S/C17H18N4O5S/c22-15-13(8-18-16(23)20-15)27(25,26)21-17(24)19-14-11-5-1-3-9(11)7-10-4-2-6-12(10)14/h7-8H,1-6H2,(H2,19,21,24)(H2,18,20,22,23). The second-order valence-corrected chi connectivity index (χ2v) is 8.38. The van der Waals surface area contributed by atoms with Crippen LogP contribution in [-0.4, -0.2) is 24.4 Å². The first-order valence-electron chi connectivity index (χ1n) is 8.67. The van der Waals surface area contributed by atoms with E-state index in [0.717, 1.165) is 55.8 Å². The molecule has 0 saturated heterocycles. The summed E-state index contributed by atoms with van der Waals surface area (Å²) in [4.78, 5) is 38.3. The Morgan fingerprint density at radius 2 is 1.63 bits per heavy atom. The van der Waals surface area contributed by atoms with E-state index in [-0.39, 0.29) is 0 Å². The molecule has 2 aromatic rings. The number of fused-ring (bicyclic) bond motifs is 2. The van der Waals surface area contributed by atoms with Crippen molar-refractivity contribution in [2.45, 2.75) is 43.4 Å². The normalized spacial score (nSPS) is 15.3. The van der Waals surface area contributed by atoms with Gasteiger partial charge in [0.05, 0.1) is 0 Å². The lowest BCUT2D eigenvalue weighted by Gasteiger charge is -2.16. The minimum atomic E-state index is -4.43. The van der Waals surface area contributed by atoms with Crippen molar-refractivity contribution < 1.29 is 13.2 Å². The largest absolute Gasteiger partial charge is 0.333 e. The van der Waals surface area contributed by atoms with Crippen molar-refractivity contribution in [2.24, 2.45) is 0 Å². The molecule has 0 unspecified atom stereocenters. The van der Waals surface area contributed by atoms with Crippen molar-refractivity contribution in [2.75, 3.05) is 5.32 Å². The van der Waals surface area contributed by atoms with Gasteiger partial charge in [-0.15, -0.1) is 0 Å². The summed E-state index contributed by atoms with van der Waals surface area (Å²) in [6.07, 6.45) is 6.33. The van der Waals surface area contributed by atoms with Gasteiger partial charge >= 0.3 is 11.7 Å². The van der Waals surface area contributed by atoms with Crippen LogP contribution < -0.4 is 21.3 Å². The van der Waals surface area contributed by atoms with Crippen LogP contribution in [0.5, 0.6) is 0 Å². The monoisotopic (exact) mass is 390 g/mol. The maximum absolute atomic E-state index is 12.4. The zero-order valence-corrected chi connectivity index (χ0v) is 15.2. The third-order valence-corrected chi connectivity index (χ3v) is 6.35. The molecule has 2 amide bonds. The SMILES string of the molecule is O=C(Nc1c2c(cc3c1CCC3)CCC2)NS(=O)(=O)c1c[nH]c(=O)[nH]c1=O. The smallest absolute Gasteiger partial charge is 0.313 e. The summed E-state index contributed by atoms with van der Waals surface area (Å²) in [6, 6.07) is 1.26. The quantitative estimate of drug-likeness (QED) is 0.606. The van der Waals surface area contributed by atoms with Crippen LogP contribution in [0.1, 0.15) is 35.1 Å². The highest BCUT2D eigenvalue weighted by molar-refractivity contribution is 7.90. The second-order valence-electron chi connectivity index (χ2n) is 6.73. The van der Waals surface area contributed by atoms with Crippen LogP contribution in [0.4, 0.5) is 10.5 Å². The number of amides is 2. The van der Waals surface area contributed by atoms with Gasteiger partial charge in [0.25, 0.3) is 15.6 Å². The lowest BCUT2D eigenvalue weighted by Crippen LogP contribution is -2.38. The van der Waals surface area contributed by atoms with Gasteiger partial charge in [0.1, 0.15) is 0 Å². The Labute approximate surface area is 154 Å². The summed E-state index contributed by atoms with van der Waals surface area (Å²) < 4.78 is 26.5. The average Bonchev–Trinajstić information content (AvgIpc) is 3.22. The Morgan fingerprint density at radius 3 is 2.22 bits per heavy atom. The summed E-state index contributed by atoms with van der Waals surface area (Å²) in [7, 11) is -4.43. The molecule has 4 N–H and O–H groups in total. The lowest BCUT2D eigenvalue weighted by molar-refractivity contribution is 0.256. The van der Waals surface area contributed by atoms with Crippen LogP contribution in [0.3, 0.4) is 0 Å². The van der Waals surface area contributed by atoms with Crippen molar-refractivity contribution in [3.05, 3.63) is 55.4 Å². The van der Waals surface area contributed by atoms with Gasteiger partial charge in [-0.1, -0.05) is 6.07 Å². The first-order valence-corrected chi connectivity index (χ1v) is 10.2. The number of benzene rings is 1. The average molecular weight is 390 g/mol. The Balaban J connectivity index is 1.62. The number of aromatic amines is 2. The van der Waals surface area contributed by atoms with Crippen LogP contribution in [0.2, 0.25) is 0 Å². The molecule has 142 valence electrons. The molecule has 9 nitrogen and oxygen atoms in total. The summed E-state index contributed by atoms with van der Waals surface area (Å²) >= 11 is 0. The van der Waals surface area contributed by atoms with Gasteiger partial charge in [0.2, 0.25) is 0 Å². The van der Waals surface area contributed by atoms with Crippen LogP contribution >= 0.6 is 0 Å². The van der Waals surface area contributed by atoms with E-state index in [1.165, 1.54) is 11.1 Å². The van der Waals surface area contributed by atoms with Crippen LogP contribution in [0.25, 0.3) is 0 Å². The molecule has 2 aliphatic carbocycles. The summed E-state index contributed by atoms with van der Waals surface area (Å²) in [5.41, 5.74) is 3.28.